The first-order valence-electron chi connectivity index (χ1n) is 12.6. The standard InChI is InChI=1S/C34H20F3P/c35-33(36)28-12-6-4-10-22(28)27-17-24-21(16-30(27)33)14-20-15-26-23-11-5-7-13-29(23)34(37,38)31(26)18-25(20)32(24)19-8-2-1-3-9-19/h1-18H,38H2. The average molecular weight is 517 g/mol. The van der Waals surface area contributed by atoms with E-state index in [9.17, 15) is 0 Å². The minimum Gasteiger partial charge on any atom is -0.229 e. The van der Waals surface area contributed by atoms with Crippen molar-refractivity contribution in [2.24, 2.45) is 0 Å². The van der Waals surface area contributed by atoms with Gasteiger partial charge in [0, 0.05) is 22.3 Å². The Morgan fingerprint density at radius 2 is 1.05 bits per heavy atom. The maximum atomic E-state index is 16.3. The lowest BCUT2D eigenvalue weighted by Gasteiger charge is -2.19. The first-order valence-corrected chi connectivity index (χ1v) is 13.1. The smallest absolute Gasteiger partial charge is 0.229 e. The maximum absolute atomic E-state index is 16.3. The Kier molecular flexibility index (Phi) is 4.26. The molecule has 6 aromatic rings. The van der Waals surface area contributed by atoms with Crippen molar-refractivity contribution in [2.45, 2.75) is 11.3 Å². The Hall–Kier alpha value is -3.94. The van der Waals surface area contributed by atoms with E-state index < -0.39 is 11.3 Å². The summed E-state index contributed by atoms with van der Waals surface area (Å²) >= 11 is 0. The van der Waals surface area contributed by atoms with Crippen LogP contribution in [0.1, 0.15) is 22.3 Å². The van der Waals surface area contributed by atoms with Gasteiger partial charge < -0.3 is 0 Å². The highest BCUT2D eigenvalue weighted by atomic mass is 31.0. The lowest BCUT2D eigenvalue weighted by Crippen LogP contribution is -2.10. The van der Waals surface area contributed by atoms with Gasteiger partial charge in [-0.15, -0.1) is 0 Å². The van der Waals surface area contributed by atoms with Gasteiger partial charge in [0.25, 0.3) is 5.92 Å². The zero-order valence-electron chi connectivity index (χ0n) is 20.1. The summed E-state index contributed by atoms with van der Waals surface area (Å²) in [6, 6.07) is 33.7. The van der Waals surface area contributed by atoms with Crippen molar-refractivity contribution in [2.75, 3.05) is 0 Å². The third kappa shape index (κ3) is 2.75. The summed E-state index contributed by atoms with van der Waals surface area (Å²) < 4.78 is 47.4. The number of halogens is 3. The van der Waals surface area contributed by atoms with Crippen LogP contribution in [-0.4, -0.2) is 0 Å². The second-order valence-electron chi connectivity index (χ2n) is 10.2. The van der Waals surface area contributed by atoms with E-state index in [2.05, 4.69) is 9.24 Å². The monoisotopic (exact) mass is 516 g/mol. The molecule has 0 aliphatic heterocycles. The van der Waals surface area contributed by atoms with E-state index in [1.54, 1.807) is 24.3 Å². The van der Waals surface area contributed by atoms with Gasteiger partial charge in [0.2, 0.25) is 0 Å². The summed E-state index contributed by atoms with van der Waals surface area (Å²) in [6.45, 7) is 0. The molecule has 182 valence electrons. The highest BCUT2D eigenvalue weighted by Crippen LogP contribution is 2.56. The molecule has 0 saturated heterocycles. The van der Waals surface area contributed by atoms with E-state index in [4.69, 9.17) is 0 Å². The average Bonchev–Trinajstić information content (AvgIpc) is 3.29. The first kappa shape index (κ1) is 22.1. The number of fused-ring (bicyclic) bond motifs is 8. The minimum atomic E-state index is -3.06. The van der Waals surface area contributed by atoms with Crippen LogP contribution in [0.2, 0.25) is 0 Å². The molecule has 38 heavy (non-hydrogen) atoms. The number of benzene rings is 6. The molecule has 2 aliphatic rings. The molecule has 0 saturated carbocycles. The summed E-state index contributed by atoms with van der Waals surface area (Å²) in [6.07, 6.45) is 0. The van der Waals surface area contributed by atoms with Crippen LogP contribution >= 0.6 is 9.24 Å². The van der Waals surface area contributed by atoms with Gasteiger partial charge in [-0.05, 0) is 85.3 Å². The van der Waals surface area contributed by atoms with Crippen molar-refractivity contribution in [1.82, 2.24) is 0 Å². The third-order valence-electron chi connectivity index (χ3n) is 8.19. The highest BCUT2D eigenvalue weighted by molar-refractivity contribution is 7.18. The Morgan fingerprint density at radius 3 is 1.82 bits per heavy atom. The lowest BCUT2D eigenvalue weighted by atomic mass is 9.87. The number of hydrogen-bond donors (Lipinski definition) is 0. The fraction of sp³-hybridized carbons (Fsp3) is 0.0588. The molecule has 2 atom stereocenters. The Labute approximate surface area is 220 Å². The van der Waals surface area contributed by atoms with Crippen molar-refractivity contribution >= 4 is 30.8 Å². The summed E-state index contributed by atoms with van der Waals surface area (Å²) in [5.74, 6) is -3.06. The van der Waals surface area contributed by atoms with E-state index in [1.807, 2.05) is 78.9 Å². The molecular weight excluding hydrogens is 496 g/mol. The molecule has 0 radical (unpaired) electrons. The summed E-state index contributed by atoms with van der Waals surface area (Å²) in [5, 5.41) is 1.70. The number of rotatable bonds is 1. The zero-order chi connectivity index (χ0) is 25.8. The topological polar surface area (TPSA) is 0 Å². The van der Waals surface area contributed by atoms with Gasteiger partial charge in [-0.25, -0.2) is 4.39 Å². The van der Waals surface area contributed by atoms with Crippen LogP contribution in [0.3, 0.4) is 0 Å². The molecule has 0 aromatic heterocycles. The molecule has 0 nitrogen and oxygen atoms in total. The fourth-order valence-electron chi connectivity index (χ4n) is 6.46. The molecular formula is C34H20F3P. The molecule has 6 aromatic carbocycles. The van der Waals surface area contributed by atoms with E-state index in [0.29, 0.717) is 22.3 Å². The maximum Gasteiger partial charge on any atom is 0.299 e. The quantitative estimate of drug-likeness (QED) is 0.151. The van der Waals surface area contributed by atoms with Gasteiger partial charge in [0.05, 0.1) is 0 Å². The van der Waals surface area contributed by atoms with Gasteiger partial charge in [-0.2, -0.15) is 8.78 Å². The SMILES string of the molecule is FC1(F)c2ccccc2-c2cc3c(-c4ccccc4)c4cc5c(cc4cc3cc21)-c1ccccc1C5(F)P. The Morgan fingerprint density at radius 1 is 0.474 bits per heavy atom. The van der Waals surface area contributed by atoms with E-state index in [0.717, 1.165) is 43.8 Å². The van der Waals surface area contributed by atoms with Gasteiger partial charge in [-0.1, -0.05) is 88.1 Å². The van der Waals surface area contributed by atoms with Gasteiger partial charge >= 0.3 is 0 Å². The van der Waals surface area contributed by atoms with Crippen LogP contribution in [0.25, 0.3) is 54.9 Å². The highest BCUT2D eigenvalue weighted by Gasteiger charge is 2.44. The van der Waals surface area contributed by atoms with E-state index >= 15 is 13.2 Å². The predicted octanol–water partition coefficient (Wildman–Crippen LogP) is 9.81. The van der Waals surface area contributed by atoms with Crippen molar-refractivity contribution in [3.05, 3.63) is 131 Å². The molecule has 2 aliphatic carbocycles. The van der Waals surface area contributed by atoms with Crippen LogP contribution in [-0.2, 0) is 11.3 Å². The van der Waals surface area contributed by atoms with Gasteiger partial charge in [0.15, 0.2) is 5.41 Å². The van der Waals surface area contributed by atoms with Crippen LogP contribution in [0.5, 0.6) is 0 Å². The van der Waals surface area contributed by atoms with E-state index in [1.165, 1.54) is 6.07 Å². The third-order valence-corrected chi connectivity index (χ3v) is 8.81. The predicted molar refractivity (Wildman–Crippen MR) is 152 cm³/mol. The molecule has 4 heteroatoms. The van der Waals surface area contributed by atoms with Gasteiger partial charge in [0.1, 0.15) is 0 Å². The fourth-order valence-corrected chi connectivity index (χ4v) is 6.95. The molecule has 0 N–H and O–H groups in total. The summed E-state index contributed by atoms with van der Waals surface area (Å²) in [7, 11) is 2.40. The van der Waals surface area contributed by atoms with Crippen molar-refractivity contribution in [1.29, 1.82) is 0 Å². The largest absolute Gasteiger partial charge is 0.299 e. The Bertz CT molecular complexity index is 1970. The molecule has 0 heterocycles. The van der Waals surface area contributed by atoms with Crippen molar-refractivity contribution in [3.8, 4) is 33.4 Å². The molecule has 0 amide bonds. The normalized spacial score (nSPS) is 18.3. The molecule has 8 rings (SSSR count). The van der Waals surface area contributed by atoms with Crippen LogP contribution < -0.4 is 0 Å². The van der Waals surface area contributed by atoms with Gasteiger partial charge in [-0.3, -0.25) is 0 Å². The molecule has 0 fully saturated rings. The molecule has 0 bridgehead atoms. The van der Waals surface area contributed by atoms with Crippen LogP contribution in [0.15, 0.2) is 109 Å². The first-order chi connectivity index (χ1) is 18.4. The Balaban J connectivity index is 1.52. The van der Waals surface area contributed by atoms with E-state index in [-0.39, 0.29) is 11.1 Å². The number of hydrogen-bond acceptors (Lipinski definition) is 0. The van der Waals surface area contributed by atoms with Crippen molar-refractivity contribution < 1.29 is 13.2 Å². The molecule has 0 spiro atoms. The van der Waals surface area contributed by atoms with Crippen LogP contribution in [0.4, 0.5) is 13.2 Å². The van der Waals surface area contributed by atoms with Crippen molar-refractivity contribution in [3.63, 3.8) is 0 Å². The molecule has 2 unspecified atom stereocenters. The second kappa shape index (κ2) is 7.34. The number of alkyl halides is 3. The second-order valence-corrected chi connectivity index (χ2v) is 11.0. The lowest BCUT2D eigenvalue weighted by molar-refractivity contribution is 0.0481. The zero-order valence-corrected chi connectivity index (χ0v) is 21.3. The minimum absolute atomic E-state index is 0.0313. The summed E-state index contributed by atoms with van der Waals surface area (Å²) in [5.41, 5.74) is 5.99. The van der Waals surface area contributed by atoms with Crippen LogP contribution in [0, 0.1) is 0 Å². The summed E-state index contributed by atoms with van der Waals surface area (Å²) in [4.78, 5) is 0.